The Morgan fingerprint density at radius 1 is 1.26 bits per heavy atom. The van der Waals surface area contributed by atoms with Gasteiger partial charge in [0.25, 0.3) is 0 Å². The number of primary amides is 1. The smallest absolute Gasteiger partial charge is 0.419 e. The zero-order valence-corrected chi connectivity index (χ0v) is 19.2. The minimum Gasteiger partial charge on any atom is -0.488 e. The van der Waals surface area contributed by atoms with E-state index >= 15 is 0 Å². The highest BCUT2D eigenvalue weighted by Crippen LogP contribution is 2.52. The van der Waals surface area contributed by atoms with Crippen LogP contribution in [-0.2, 0) is 20.6 Å². The zero-order chi connectivity index (χ0) is 24.6. The fraction of sp³-hybridized carbons (Fsp3) is 0.609. The van der Waals surface area contributed by atoms with Crippen LogP contribution in [0.1, 0.15) is 60.1 Å². The molecular weight excluding hydrogens is 475 g/mol. The minimum atomic E-state index is -4.56. The molecule has 3 N–H and O–H groups in total. The number of ether oxygens (including phenoxy) is 1. The fourth-order valence-corrected chi connectivity index (χ4v) is 5.00. The van der Waals surface area contributed by atoms with Gasteiger partial charge in [0.15, 0.2) is 0 Å². The van der Waals surface area contributed by atoms with E-state index in [-0.39, 0.29) is 49.5 Å². The third kappa shape index (κ3) is 5.11. The van der Waals surface area contributed by atoms with Crippen molar-refractivity contribution in [3.63, 3.8) is 0 Å². The molecule has 1 aliphatic carbocycles. The van der Waals surface area contributed by atoms with Crippen LogP contribution in [0.2, 0.25) is 0 Å². The Balaban J connectivity index is 1.45. The highest BCUT2D eigenvalue weighted by molar-refractivity contribution is 6.21. The maximum absolute atomic E-state index is 13.7. The molecule has 1 saturated carbocycles. The van der Waals surface area contributed by atoms with Gasteiger partial charge in [-0.15, -0.1) is 11.6 Å². The van der Waals surface area contributed by atoms with Gasteiger partial charge in [0, 0.05) is 31.1 Å². The SMILES string of the molecule is NC(=O)C1CN(C(=O)C(CCNC=O)CCC2Oc3c(cc(C4CC4)cc3C(F)(F)F)C2Cl)C1. The standard InChI is InChI=1S/C23H27ClF3N3O4/c24-19-16-7-14(12-1-2-12)8-17(23(25,26)27)20(16)34-18(19)4-3-13(5-6-29-11-31)22(33)30-9-15(10-30)21(28)32/h7-8,11-13,15,18-19H,1-6,9-10H2,(H2,28,32)(H,29,31). The Labute approximate surface area is 200 Å². The molecule has 0 spiro atoms. The lowest BCUT2D eigenvalue weighted by Gasteiger charge is -2.39. The van der Waals surface area contributed by atoms with E-state index in [1.165, 1.54) is 11.0 Å². The summed E-state index contributed by atoms with van der Waals surface area (Å²) in [6.07, 6.45) is -2.08. The third-order valence-corrected chi connectivity index (χ3v) is 7.37. The van der Waals surface area contributed by atoms with Crippen molar-refractivity contribution >= 4 is 29.8 Å². The Bertz CT molecular complexity index is 964. The molecule has 3 unspecified atom stereocenters. The summed E-state index contributed by atoms with van der Waals surface area (Å²) in [5.41, 5.74) is 5.45. The van der Waals surface area contributed by atoms with Gasteiger partial charge in [-0.2, -0.15) is 13.2 Å². The first-order valence-electron chi connectivity index (χ1n) is 11.4. The van der Waals surface area contributed by atoms with E-state index in [0.29, 0.717) is 30.4 Å². The third-order valence-electron chi connectivity index (χ3n) is 6.85. The molecule has 2 aliphatic heterocycles. The number of rotatable bonds is 10. The summed E-state index contributed by atoms with van der Waals surface area (Å²) >= 11 is 6.57. The molecule has 186 valence electrons. The van der Waals surface area contributed by atoms with Gasteiger partial charge >= 0.3 is 6.18 Å². The molecule has 11 heteroatoms. The monoisotopic (exact) mass is 501 g/mol. The number of nitrogens with one attached hydrogen (secondary N) is 1. The Morgan fingerprint density at radius 2 is 1.97 bits per heavy atom. The molecule has 1 aromatic rings. The first-order chi connectivity index (χ1) is 16.1. The van der Waals surface area contributed by atoms with E-state index in [9.17, 15) is 27.6 Å². The van der Waals surface area contributed by atoms with E-state index in [1.54, 1.807) is 6.07 Å². The molecule has 0 radical (unpaired) electrons. The molecule has 3 atom stereocenters. The van der Waals surface area contributed by atoms with Gasteiger partial charge in [0.2, 0.25) is 18.2 Å². The van der Waals surface area contributed by atoms with E-state index in [2.05, 4.69) is 5.32 Å². The number of carbonyl (C=O) groups is 3. The van der Waals surface area contributed by atoms with Gasteiger partial charge in [-0.1, -0.05) is 6.07 Å². The number of benzene rings is 1. The normalized spacial score (nSPS) is 23.0. The molecule has 0 aromatic heterocycles. The summed E-state index contributed by atoms with van der Waals surface area (Å²) < 4.78 is 46.9. The second-order valence-electron chi connectivity index (χ2n) is 9.29. The van der Waals surface area contributed by atoms with Crippen LogP contribution in [0.5, 0.6) is 5.75 Å². The molecule has 4 rings (SSSR count). The summed E-state index contributed by atoms with van der Waals surface area (Å²) in [6, 6.07) is 2.89. The van der Waals surface area contributed by atoms with Gasteiger partial charge in [-0.3, -0.25) is 14.4 Å². The molecule has 3 amide bonds. The van der Waals surface area contributed by atoms with E-state index in [4.69, 9.17) is 22.1 Å². The topological polar surface area (TPSA) is 102 Å². The number of nitrogens with zero attached hydrogens (tertiary/aromatic N) is 1. The van der Waals surface area contributed by atoms with Crippen molar-refractivity contribution in [3.8, 4) is 5.75 Å². The summed E-state index contributed by atoms with van der Waals surface area (Å²) in [7, 11) is 0. The number of carbonyl (C=O) groups excluding carboxylic acids is 3. The number of hydrogen-bond acceptors (Lipinski definition) is 4. The van der Waals surface area contributed by atoms with Gasteiger partial charge in [-0.05, 0) is 49.7 Å². The predicted molar refractivity (Wildman–Crippen MR) is 117 cm³/mol. The minimum absolute atomic E-state index is 0.127. The fourth-order valence-electron chi connectivity index (χ4n) is 4.66. The number of fused-ring (bicyclic) bond motifs is 1. The lowest BCUT2D eigenvalue weighted by atomic mass is 9.91. The molecule has 34 heavy (non-hydrogen) atoms. The summed E-state index contributed by atoms with van der Waals surface area (Å²) in [6.45, 7) is 0.758. The average molecular weight is 502 g/mol. The van der Waals surface area contributed by atoms with Crippen LogP contribution in [0.3, 0.4) is 0 Å². The molecular formula is C23H27ClF3N3O4. The first-order valence-corrected chi connectivity index (χ1v) is 11.8. The molecule has 2 heterocycles. The van der Waals surface area contributed by atoms with E-state index in [0.717, 1.165) is 12.8 Å². The number of hydrogen-bond donors (Lipinski definition) is 2. The van der Waals surface area contributed by atoms with Crippen molar-refractivity contribution in [1.82, 2.24) is 10.2 Å². The Hall–Kier alpha value is -2.49. The Kier molecular flexibility index (Phi) is 6.98. The van der Waals surface area contributed by atoms with E-state index < -0.39 is 35.0 Å². The second kappa shape index (κ2) is 9.64. The van der Waals surface area contributed by atoms with Gasteiger partial charge in [-0.25, -0.2) is 0 Å². The van der Waals surface area contributed by atoms with Crippen molar-refractivity contribution < 1.29 is 32.3 Å². The summed E-state index contributed by atoms with van der Waals surface area (Å²) in [5, 5.41) is 1.76. The molecule has 1 saturated heterocycles. The van der Waals surface area contributed by atoms with Crippen LogP contribution in [0.25, 0.3) is 0 Å². The van der Waals surface area contributed by atoms with Crippen LogP contribution >= 0.6 is 11.6 Å². The largest absolute Gasteiger partial charge is 0.488 e. The summed E-state index contributed by atoms with van der Waals surface area (Å²) in [4.78, 5) is 36.4. The van der Waals surface area contributed by atoms with Crippen LogP contribution in [0, 0.1) is 11.8 Å². The van der Waals surface area contributed by atoms with Crippen molar-refractivity contribution in [1.29, 1.82) is 0 Å². The van der Waals surface area contributed by atoms with Crippen molar-refractivity contribution in [2.75, 3.05) is 19.6 Å². The number of nitrogens with two attached hydrogens (primary N) is 1. The quantitative estimate of drug-likeness (QED) is 0.292. The second-order valence-corrected chi connectivity index (χ2v) is 9.76. The summed E-state index contributed by atoms with van der Waals surface area (Å²) in [5.74, 6) is -1.61. The number of alkyl halides is 4. The van der Waals surface area contributed by atoms with Gasteiger partial charge in [0.1, 0.15) is 11.9 Å². The number of amides is 3. The van der Waals surface area contributed by atoms with Gasteiger partial charge in [0.05, 0.1) is 16.9 Å². The van der Waals surface area contributed by atoms with Gasteiger partial charge < -0.3 is 20.7 Å². The molecule has 1 aromatic carbocycles. The molecule has 0 bridgehead atoms. The van der Waals surface area contributed by atoms with Crippen LogP contribution < -0.4 is 15.8 Å². The highest BCUT2D eigenvalue weighted by Gasteiger charge is 2.44. The molecule has 2 fully saturated rings. The lowest BCUT2D eigenvalue weighted by Crippen LogP contribution is -2.56. The Morgan fingerprint density at radius 3 is 2.56 bits per heavy atom. The van der Waals surface area contributed by atoms with Crippen LogP contribution in [0.15, 0.2) is 12.1 Å². The lowest BCUT2D eigenvalue weighted by molar-refractivity contribution is -0.146. The van der Waals surface area contributed by atoms with Crippen LogP contribution in [0.4, 0.5) is 13.2 Å². The number of halogens is 4. The maximum atomic E-state index is 13.7. The van der Waals surface area contributed by atoms with E-state index in [1.807, 2.05) is 0 Å². The molecule has 7 nitrogen and oxygen atoms in total. The van der Waals surface area contributed by atoms with Crippen LogP contribution in [-0.4, -0.2) is 48.9 Å². The van der Waals surface area contributed by atoms with Crippen molar-refractivity contribution in [2.24, 2.45) is 17.6 Å². The number of likely N-dealkylation sites (tertiary alicyclic amines) is 1. The van der Waals surface area contributed by atoms with Crippen molar-refractivity contribution in [2.45, 2.75) is 55.7 Å². The molecule has 3 aliphatic rings. The average Bonchev–Trinajstić information content (AvgIpc) is 3.53. The predicted octanol–water partition coefficient (Wildman–Crippen LogP) is 3.10. The maximum Gasteiger partial charge on any atom is 0.419 e. The van der Waals surface area contributed by atoms with Crippen molar-refractivity contribution in [3.05, 3.63) is 28.8 Å². The highest BCUT2D eigenvalue weighted by atomic mass is 35.5. The first kappa shape index (κ1) is 24.6. The zero-order valence-electron chi connectivity index (χ0n) is 18.4.